The summed E-state index contributed by atoms with van der Waals surface area (Å²) < 4.78 is 0. The minimum Gasteiger partial charge on any atom is -0.480 e. The third-order valence-corrected chi connectivity index (χ3v) is 6.15. The highest BCUT2D eigenvalue weighted by Gasteiger charge is 2.18. The lowest BCUT2D eigenvalue weighted by atomic mass is 10.1. The topological polar surface area (TPSA) is 129 Å². The number of unbranched alkanes of at least 4 members (excludes halogenated alkanes) is 1. The van der Waals surface area contributed by atoms with Crippen LogP contribution in [0.3, 0.4) is 0 Å². The predicted molar refractivity (Wildman–Crippen MR) is 139 cm³/mol. The molecule has 0 radical (unpaired) electrons. The fraction of sp³-hybridized carbons (Fsp3) is 0.370. The third-order valence-electron chi connectivity index (χ3n) is 6.15. The lowest BCUT2D eigenvalue weighted by Crippen LogP contribution is -2.35. The first kappa shape index (κ1) is 25.1. The molecule has 1 atom stereocenters. The van der Waals surface area contributed by atoms with Gasteiger partial charge >= 0.3 is 5.97 Å². The van der Waals surface area contributed by atoms with Crippen molar-refractivity contribution in [1.82, 2.24) is 20.3 Å². The summed E-state index contributed by atoms with van der Waals surface area (Å²) in [6.07, 6.45) is 8.59. The maximum Gasteiger partial charge on any atom is 0.326 e. The molecular formula is C27H32N6O3. The molecule has 188 valence electrons. The number of aromatic nitrogens is 3. The zero-order chi connectivity index (χ0) is 25.2. The van der Waals surface area contributed by atoms with Crippen LogP contribution in [0.15, 0.2) is 54.9 Å². The van der Waals surface area contributed by atoms with Crippen molar-refractivity contribution in [3.8, 4) is 11.1 Å². The predicted octanol–water partition coefficient (Wildman–Crippen LogP) is 3.68. The SMILES string of the molecule is O=C(CCCCc1ccc2c(n1)NCCC2)NCC[C@H](Nc1ncc(-c2ccccc2)cn1)C(=O)O. The normalized spacial score (nSPS) is 13.2. The maximum atomic E-state index is 12.2. The minimum atomic E-state index is -1.02. The average molecular weight is 489 g/mol. The van der Waals surface area contributed by atoms with E-state index in [9.17, 15) is 14.7 Å². The van der Waals surface area contributed by atoms with Crippen LogP contribution in [0.4, 0.5) is 11.8 Å². The number of aliphatic carboxylic acids is 1. The van der Waals surface area contributed by atoms with Gasteiger partial charge in [0.1, 0.15) is 11.9 Å². The molecule has 0 unspecified atom stereocenters. The van der Waals surface area contributed by atoms with Gasteiger partial charge in [0.05, 0.1) is 0 Å². The number of amides is 1. The van der Waals surface area contributed by atoms with Crippen LogP contribution >= 0.6 is 0 Å². The lowest BCUT2D eigenvalue weighted by Gasteiger charge is -2.17. The molecule has 1 aliphatic heterocycles. The van der Waals surface area contributed by atoms with Crippen LogP contribution in [0.2, 0.25) is 0 Å². The van der Waals surface area contributed by atoms with Gasteiger partial charge in [-0.1, -0.05) is 36.4 Å². The molecule has 9 nitrogen and oxygen atoms in total. The molecule has 36 heavy (non-hydrogen) atoms. The number of nitrogens with one attached hydrogen (secondary N) is 3. The molecule has 0 aliphatic carbocycles. The fourth-order valence-corrected chi connectivity index (χ4v) is 4.14. The van der Waals surface area contributed by atoms with Crippen molar-refractivity contribution in [2.75, 3.05) is 23.7 Å². The number of hydrogen-bond donors (Lipinski definition) is 4. The zero-order valence-corrected chi connectivity index (χ0v) is 20.2. The molecule has 0 saturated heterocycles. The summed E-state index contributed by atoms with van der Waals surface area (Å²) >= 11 is 0. The van der Waals surface area contributed by atoms with Crippen LogP contribution < -0.4 is 16.0 Å². The van der Waals surface area contributed by atoms with E-state index < -0.39 is 12.0 Å². The van der Waals surface area contributed by atoms with Gasteiger partial charge in [0.25, 0.3) is 0 Å². The van der Waals surface area contributed by atoms with Crippen molar-refractivity contribution in [3.63, 3.8) is 0 Å². The van der Waals surface area contributed by atoms with Gasteiger partial charge in [-0.05, 0) is 55.7 Å². The maximum absolute atomic E-state index is 12.2. The van der Waals surface area contributed by atoms with Crippen molar-refractivity contribution < 1.29 is 14.7 Å². The Morgan fingerprint density at radius 2 is 1.83 bits per heavy atom. The number of rotatable bonds is 12. The molecule has 0 saturated carbocycles. The Morgan fingerprint density at radius 3 is 2.61 bits per heavy atom. The van der Waals surface area contributed by atoms with Crippen LogP contribution in [-0.4, -0.2) is 51.1 Å². The van der Waals surface area contributed by atoms with Crippen molar-refractivity contribution in [2.45, 2.75) is 51.0 Å². The number of anilines is 2. The van der Waals surface area contributed by atoms with Gasteiger partial charge in [-0.2, -0.15) is 0 Å². The van der Waals surface area contributed by atoms with Gasteiger partial charge in [-0.15, -0.1) is 0 Å². The van der Waals surface area contributed by atoms with Gasteiger partial charge in [-0.25, -0.2) is 19.7 Å². The molecule has 0 fully saturated rings. The van der Waals surface area contributed by atoms with Gasteiger partial charge < -0.3 is 21.1 Å². The summed E-state index contributed by atoms with van der Waals surface area (Å²) in [5, 5.41) is 18.5. The van der Waals surface area contributed by atoms with Gasteiger partial charge in [-0.3, -0.25) is 4.79 Å². The van der Waals surface area contributed by atoms with E-state index in [2.05, 4.69) is 43.0 Å². The molecule has 0 spiro atoms. The molecule has 4 rings (SSSR count). The summed E-state index contributed by atoms with van der Waals surface area (Å²) in [5.74, 6) is 0.129. The summed E-state index contributed by atoms with van der Waals surface area (Å²) in [6.45, 7) is 1.22. The summed E-state index contributed by atoms with van der Waals surface area (Å²) in [4.78, 5) is 37.0. The standard InChI is InChI=1S/C27H32N6O3/c34-24(11-5-4-10-22-13-12-20-9-6-15-29-25(20)32-22)28-16-14-23(26(35)36)33-27-30-17-21(18-31-27)19-7-2-1-3-8-19/h1-3,7-8,12-13,17-18,23H,4-6,9-11,14-16H2,(H,28,34)(H,29,32)(H,35,36)(H,30,31,33)/t23-/m0/s1. The molecule has 1 aromatic carbocycles. The first-order chi connectivity index (χ1) is 17.6. The number of benzene rings is 1. The second-order valence-corrected chi connectivity index (χ2v) is 8.88. The first-order valence-electron chi connectivity index (χ1n) is 12.4. The van der Waals surface area contributed by atoms with Crippen LogP contribution in [0.25, 0.3) is 11.1 Å². The third kappa shape index (κ3) is 7.24. The minimum absolute atomic E-state index is 0.0809. The monoisotopic (exact) mass is 488 g/mol. The van der Waals surface area contributed by atoms with Crippen LogP contribution in [-0.2, 0) is 22.4 Å². The number of aryl methyl sites for hydroxylation is 2. The quantitative estimate of drug-likeness (QED) is 0.284. The number of pyridine rings is 1. The van der Waals surface area contributed by atoms with Gasteiger partial charge in [0.2, 0.25) is 11.9 Å². The van der Waals surface area contributed by atoms with E-state index in [1.807, 2.05) is 30.3 Å². The van der Waals surface area contributed by atoms with Crippen molar-refractivity contribution in [1.29, 1.82) is 0 Å². The number of fused-ring (bicyclic) bond motifs is 1. The molecule has 4 N–H and O–H groups in total. The van der Waals surface area contributed by atoms with E-state index in [0.717, 1.165) is 61.3 Å². The van der Waals surface area contributed by atoms with E-state index in [0.29, 0.717) is 6.42 Å². The smallest absolute Gasteiger partial charge is 0.326 e. The van der Waals surface area contributed by atoms with E-state index in [1.54, 1.807) is 12.4 Å². The lowest BCUT2D eigenvalue weighted by molar-refractivity contribution is -0.138. The molecule has 9 heteroatoms. The Kier molecular flexibility index (Phi) is 8.80. The van der Waals surface area contributed by atoms with Gasteiger partial charge in [0, 0.05) is 43.2 Å². The van der Waals surface area contributed by atoms with Crippen molar-refractivity contribution in [3.05, 3.63) is 66.1 Å². The Balaban J connectivity index is 1.15. The number of hydrogen-bond acceptors (Lipinski definition) is 7. The number of carbonyl (C=O) groups excluding carboxylic acids is 1. The molecule has 3 heterocycles. The van der Waals surface area contributed by atoms with E-state index in [1.165, 1.54) is 5.56 Å². The van der Waals surface area contributed by atoms with Crippen molar-refractivity contribution in [2.24, 2.45) is 0 Å². The second kappa shape index (κ2) is 12.6. The molecule has 2 aromatic heterocycles. The Labute approximate surface area is 210 Å². The highest BCUT2D eigenvalue weighted by atomic mass is 16.4. The Hall–Kier alpha value is -4.01. The Bertz CT molecular complexity index is 1150. The van der Waals surface area contributed by atoms with E-state index >= 15 is 0 Å². The first-order valence-corrected chi connectivity index (χ1v) is 12.4. The van der Waals surface area contributed by atoms with Crippen LogP contribution in [0.1, 0.15) is 43.4 Å². The number of carboxylic acid groups (broad SMARTS) is 1. The molecular weight excluding hydrogens is 456 g/mol. The van der Waals surface area contributed by atoms with Crippen molar-refractivity contribution >= 4 is 23.6 Å². The largest absolute Gasteiger partial charge is 0.480 e. The average Bonchev–Trinajstić information content (AvgIpc) is 2.91. The second-order valence-electron chi connectivity index (χ2n) is 8.88. The van der Waals surface area contributed by atoms with Crippen LogP contribution in [0.5, 0.6) is 0 Å². The fourth-order valence-electron chi connectivity index (χ4n) is 4.14. The molecule has 1 aliphatic rings. The summed E-state index contributed by atoms with van der Waals surface area (Å²) in [7, 11) is 0. The number of carboxylic acids is 1. The number of carbonyl (C=O) groups is 2. The van der Waals surface area contributed by atoms with E-state index in [4.69, 9.17) is 0 Å². The van der Waals surface area contributed by atoms with Crippen LogP contribution in [0, 0.1) is 0 Å². The number of nitrogens with zero attached hydrogens (tertiary/aromatic N) is 3. The summed E-state index contributed by atoms with van der Waals surface area (Å²) in [5.41, 5.74) is 4.14. The highest BCUT2D eigenvalue weighted by molar-refractivity contribution is 5.77. The summed E-state index contributed by atoms with van der Waals surface area (Å²) in [6, 6.07) is 13.0. The van der Waals surface area contributed by atoms with Gasteiger partial charge in [0.15, 0.2) is 0 Å². The van der Waals surface area contributed by atoms with E-state index in [-0.39, 0.29) is 24.8 Å². The Morgan fingerprint density at radius 1 is 1.03 bits per heavy atom. The molecule has 1 amide bonds. The molecule has 3 aromatic rings. The highest BCUT2D eigenvalue weighted by Crippen LogP contribution is 2.20. The zero-order valence-electron chi connectivity index (χ0n) is 20.2. The molecule has 0 bridgehead atoms.